The predicted octanol–water partition coefficient (Wildman–Crippen LogP) is 18.4. The summed E-state index contributed by atoms with van der Waals surface area (Å²) in [7, 11) is 0. The van der Waals surface area contributed by atoms with E-state index in [4.69, 9.17) is 0 Å². The Morgan fingerprint density at radius 1 is 0.356 bits per heavy atom. The molecule has 0 aliphatic heterocycles. The van der Waals surface area contributed by atoms with E-state index in [2.05, 4.69) is 6.07 Å². The fourth-order valence-corrected chi connectivity index (χ4v) is 10.5. The molecule has 0 saturated heterocycles. The average Bonchev–Trinajstić information content (AvgIpc) is 3.86. The maximum absolute atomic E-state index is 14.7. The van der Waals surface area contributed by atoms with Gasteiger partial charge in [0, 0.05) is 32.7 Å². The fourth-order valence-electron chi connectivity index (χ4n) is 10.5. The highest BCUT2D eigenvalue weighted by Crippen LogP contribution is 2.48. The van der Waals surface area contributed by atoms with Gasteiger partial charge in [-0.3, -0.25) is 0 Å². The minimum absolute atomic E-state index is 0.194. The number of halogens is 9. The highest BCUT2D eigenvalue weighted by atomic mass is 19.4. The number of aryl methyl sites for hydroxylation is 3. The van der Waals surface area contributed by atoms with Crippen molar-refractivity contribution in [3.63, 3.8) is 0 Å². The molecule has 2 aromatic heterocycles. The summed E-state index contributed by atoms with van der Waals surface area (Å²) in [5.74, 6) is 0. The van der Waals surface area contributed by atoms with E-state index in [-0.39, 0.29) is 11.1 Å². The van der Waals surface area contributed by atoms with Gasteiger partial charge in [0.1, 0.15) is 0 Å². The van der Waals surface area contributed by atoms with Crippen LogP contribution in [-0.2, 0) is 18.5 Å². The number of hydrogen-bond acceptors (Lipinski definition) is 1. The van der Waals surface area contributed by atoms with E-state index >= 15 is 0 Å². The Labute approximate surface area is 412 Å². The van der Waals surface area contributed by atoms with Gasteiger partial charge in [0.05, 0.1) is 61.8 Å². The number of nitrogens with zero attached hydrogens (tertiary/aromatic N) is 3. The number of benzene rings is 9. The lowest BCUT2D eigenvalue weighted by atomic mass is 9.88. The second-order valence-corrected chi connectivity index (χ2v) is 18.4. The van der Waals surface area contributed by atoms with Crippen molar-refractivity contribution in [2.45, 2.75) is 39.3 Å². The molecule has 0 saturated carbocycles. The number of para-hydroxylation sites is 2. The number of hydrogen-bond donors (Lipinski definition) is 0. The molecule has 0 unspecified atom stereocenters. The van der Waals surface area contributed by atoms with Crippen molar-refractivity contribution in [2.24, 2.45) is 0 Å². The maximum atomic E-state index is 14.7. The van der Waals surface area contributed by atoms with Crippen LogP contribution in [0.15, 0.2) is 176 Å². The third kappa shape index (κ3) is 8.15. The van der Waals surface area contributed by atoms with Crippen molar-refractivity contribution < 1.29 is 39.5 Å². The normalized spacial score (nSPS) is 12.4. The quantitative estimate of drug-likeness (QED) is 0.153. The second-order valence-electron chi connectivity index (χ2n) is 18.4. The molecule has 0 N–H and O–H groups in total. The Morgan fingerprint density at radius 3 is 1.21 bits per heavy atom. The molecule has 0 radical (unpaired) electrons. The molecule has 360 valence electrons. The van der Waals surface area contributed by atoms with Gasteiger partial charge in [-0.25, -0.2) is 0 Å². The SMILES string of the molecule is Cc1cc(-c2ccc3c(c2)c2ccccc2n3-c2cccc(C#N)c2-c2c(-c3cc(C)cc(C(F)(F)F)c3)cccc2-n2c3ccccc3c3cc(-c4cc(C)cc(C(F)(F)F)c4)ccc32)cc(C(F)(F)F)c1. The van der Waals surface area contributed by atoms with Crippen LogP contribution in [0.5, 0.6) is 0 Å². The summed E-state index contributed by atoms with van der Waals surface area (Å²) in [6, 6.07) is 50.4. The Balaban J connectivity index is 1.23. The first kappa shape index (κ1) is 46.8. The van der Waals surface area contributed by atoms with E-state index < -0.39 is 35.2 Å². The van der Waals surface area contributed by atoms with Crippen LogP contribution in [0.4, 0.5) is 39.5 Å². The van der Waals surface area contributed by atoms with Crippen LogP contribution < -0.4 is 0 Å². The lowest BCUT2D eigenvalue weighted by Crippen LogP contribution is -2.07. The summed E-state index contributed by atoms with van der Waals surface area (Å²) in [6.07, 6.45) is -13.9. The van der Waals surface area contributed by atoms with Crippen LogP contribution in [0.25, 0.3) is 99.5 Å². The predicted molar refractivity (Wildman–Crippen MR) is 271 cm³/mol. The summed E-state index contributed by atoms with van der Waals surface area (Å²) in [5, 5.41) is 14.1. The summed E-state index contributed by atoms with van der Waals surface area (Å²) in [5.41, 5.74) is 5.84. The molecule has 0 aliphatic carbocycles. The van der Waals surface area contributed by atoms with Gasteiger partial charge in [-0.05, 0) is 162 Å². The van der Waals surface area contributed by atoms with Crippen molar-refractivity contribution in [3.05, 3.63) is 215 Å². The molecule has 11 aromatic rings. The number of nitriles is 1. The number of aromatic nitrogens is 2. The van der Waals surface area contributed by atoms with Crippen molar-refractivity contribution in [2.75, 3.05) is 0 Å². The molecular formula is C61H38F9N3. The van der Waals surface area contributed by atoms with Crippen molar-refractivity contribution in [3.8, 4) is 62.0 Å². The summed E-state index contributed by atoms with van der Waals surface area (Å²) < 4.78 is 133. The third-order valence-corrected chi connectivity index (χ3v) is 13.5. The fraction of sp³-hybridized carbons (Fsp3) is 0.0984. The molecule has 73 heavy (non-hydrogen) atoms. The van der Waals surface area contributed by atoms with Crippen LogP contribution in [0, 0.1) is 32.1 Å². The van der Waals surface area contributed by atoms with E-state index in [1.165, 1.54) is 0 Å². The lowest BCUT2D eigenvalue weighted by molar-refractivity contribution is -0.138. The molecule has 0 bridgehead atoms. The van der Waals surface area contributed by atoms with Crippen LogP contribution >= 0.6 is 0 Å². The molecule has 9 aromatic carbocycles. The summed E-state index contributed by atoms with van der Waals surface area (Å²) >= 11 is 0. The Kier molecular flexibility index (Phi) is 10.9. The van der Waals surface area contributed by atoms with Crippen LogP contribution in [0.2, 0.25) is 0 Å². The summed E-state index contributed by atoms with van der Waals surface area (Å²) in [6.45, 7) is 4.80. The minimum Gasteiger partial charge on any atom is -0.309 e. The molecule has 0 spiro atoms. The number of fused-ring (bicyclic) bond motifs is 6. The van der Waals surface area contributed by atoms with Crippen LogP contribution in [-0.4, -0.2) is 9.13 Å². The smallest absolute Gasteiger partial charge is 0.309 e. The molecule has 0 fully saturated rings. The van der Waals surface area contributed by atoms with Gasteiger partial charge in [-0.15, -0.1) is 0 Å². The van der Waals surface area contributed by atoms with Crippen molar-refractivity contribution in [1.29, 1.82) is 5.26 Å². The monoisotopic (exact) mass is 983 g/mol. The Bertz CT molecular complexity index is 4100. The molecular weight excluding hydrogens is 946 g/mol. The van der Waals surface area contributed by atoms with Gasteiger partial charge in [0.25, 0.3) is 0 Å². The van der Waals surface area contributed by atoms with E-state index in [1.807, 2.05) is 94.1 Å². The molecule has 0 amide bonds. The zero-order valence-corrected chi connectivity index (χ0v) is 39.0. The van der Waals surface area contributed by atoms with Gasteiger partial charge in [0.2, 0.25) is 0 Å². The standard InChI is InChI=1S/C61H38F9N3/c1-34-22-40(28-43(25-34)59(62,63)64)37-18-20-53-49(31-37)47-11-4-6-14-51(47)72(53)55-16-8-10-39(33-71)57(55)58-46(42-24-36(3)27-45(30-42)61(68,69)70)13-9-17-56(58)73-52-15-7-5-12-48(52)50-32-38(19-21-54(50)73)41-23-35(2)26-44(29-41)60(65,66)67/h4-32H,1-3H3. The largest absolute Gasteiger partial charge is 0.416 e. The first-order valence-corrected chi connectivity index (χ1v) is 23.1. The number of rotatable bonds is 6. The zero-order valence-electron chi connectivity index (χ0n) is 39.0. The van der Waals surface area contributed by atoms with Crippen LogP contribution in [0.3, 0.4) is 0 Å². The Hall–Kier alpha value is -8.56. The van der Waals surface area contributed by atoms with Gasteiger partial charge < -0.3 is 9.13 Å². The lowest BCUT2D eigenvalue weighted by Gasteiger charge is -2.23. The molecule has 0 aliphatic rings. The van der Waals surface area contributed by atoms with E-state index in [1.54, 1.807) is 75.4 Å². The molecule has 3 nitrogen and oxygen atoms in total. The van der Waals surface area contributed by atoms with Crippen molar-refractivity contribution in [1.82, 2.24) is 9.13 Å². The average molecular weight is 984 g/mol. The second kappa shape index (κ2) is 17.1. The molecule has 2 heterocycles. The highest BCUT2D eigenvalue weighted by Gasteiger charge is 2.34. The summed E-state index contributed by atoms with van der Waals surface area (Å²) in [4.78, 5) is 0. The van der Waals surface area contributed by atoms with Crippen LogP contribution in [0.1, 0.15) is 38.9 Å². The first-order chi connectivity index (χ1) is 34.8. The van der Waals surface area contributed by atoms with Gasteiger partial charge >= 0.3 is 18.5 Å². The van der Waals surface area contributed by atoms with Gasteiger partial charge in [-0.2, -0.15) is 44.8 Å². The molecule has 11 rings (SSSR count). The third-order valence-electron chi connectivity index (χ3n) is 13.5. The number of alkyl halides is 9. The van der Waals surface area contributed by atoms with E-state index in [0.29, 0.717) is 99.8 Å². The molecule has 12 heteroatoms. The minimum atomic E-state index is -4.70. The van der Waals surface area contributed by atoms with Crippen molar-refractivity contribution >= 4 is 43.6 Å². The van der Waals surface area contributed by atoms with E-state index in [0.717, 1.165) is 47.2 Å². The van der Waals surface area contributed by atoms with E-state index in [9.17, 15) is 44.8 Å². The van der Waals surface area contributed by atoms with Gasteiger partial charge in [-0.1, -0.05) is 84.9 Å². The zero-order chi connectivity index (χ0) is 51.3. The molecule has 0 atom stereocenters. The first-order valence-electron chi connectivity index (χ1n) is 23.1. The van der Waals surface area contributed by atoms with Gasteiger partial charge in [0.15, 0.2) is 0 Å². The maximum Gasteiger partial charge on any atom is 0.416 e. The Morgan fingerprint density at radius 2 is 0.753 bits per heavy atom. The highest BCUT2D eigenvalue weighted by molar-refractivity contribution is 6.13. The topological polar surface area (TPSA) is 33.6 Å².